The number of nitrogens with zero attached hydrogens (tertiary/aromatic N) is 2. The third-order valence-corrected chi connectivity index (χ3v) is 2.25. The van der Waals surface area contributed by atoms with Gasteiger partial charge in [0.1, 0.15) is 5.69 Å². The Labute approximate surface area is 104 Å². The Bertz CT molecular complexity index is 497. The highest BCUT2D eigenvalue weighted by Gasteiger charge is 2.17. The van der Waals surface area contributed by atoms with E-state index >= 15 is 0 Å². The summed E-state index contributed by atoms with van der Waals surface area (Å²) in [6.07, 6.45) is 0.390. The molecule has 0 saturated carbocycles. The number of oxime groups is 1. The first-order valence-corrected chi connectivity index (χ1v) is 5.23. The zero-order valence-electron chi connectivity index (χ0n) is 8.69. The summed E-state index contributed by atoms with van der Waals surface area (Å²) in [6.45, 7) is -0.764. The fourth-order valence-electron chi connectivity index (χ4n) is 0.847. The van der Waals surface area contributed by atoms with Crippen LogP contribution in [-0.2, 0) is 19.2 Å². The summed E-state index contributed by atoms with van der Waals surface area (Å²) in [5.74, 6) is -2.71. The molecule has 1 aromatic heterocycles. The molecule has 1 rings (SSSR count). The Kier molecular flexibility index (Phi) is 4.75. The van der Waals surface area contributed by atoms with Gasteiger partial charge in [0.15, 0.2) is 5.13 Å². The Hall–Kier alpha value is -2.49. The smallest absolute Gasteiger partial charge is 0.360 e. The largest absolute Gasteiger partial charge is 0.479 e. The van der Waals surface area contributed by atoms with Gasteiger partial charge in [-0.1, -0.05) is 5.16 Å². The molecule has 0 aliphatic rings. The first-order valence-electron chi connectivity index (χ1n) is 4.35. The highest BCUT2D eigenvalue weighted by atomic mass is 32.1. The number of thiazole rings is 1. The third-order valence-electron chi connectivity index (χ3n) is 1.48. The van der Waals surface area contributed by atoms with Crippen LogP contribution < -0.4 is 5.32 Å². The fourth-order valence-corrected chi connectivity index (χ4v) is 1.50. The average molecular weight is 273 g/mol. The number of anilines is 1. The SMILES string of the molecule is O=CNc1nc(C(=NOCC(=O)O)C(=O)O)cs1. The maximum Gasteiger partial charge on any atom is 0.360 e. The molecule has 0 aliphatic heterocycles. The normalized spacial score (nSPS) is 10.8. The van der Waals surface area contributed by atoms with E-state index in [2.05, 4.69) is 20.3 Å². The van der Waals surface area contributed by atoms with E-state index in [0.29, 0.717) is 6.41 Å². The van der Waals surface area contributed by atoms with E-state index in [0.717, 1.165) is 11.3 Å². The van der Waals surface area contributed by atoms with Gasteiger partial charge in [0.05, 0.1) is 0 Å². The van der Waals surface area contributed by atoms with E-state index < -0.39 is 24.3 Å². The zero-order chi connectivity index (χ0) is 13.5. The summed E-state index contributed by atoms with van der Waals surface area (Å²) < 4.78 is 0. The van der Waals surface area contributed by atoms with Gasteiger partial charge in [-0.25, -0.2) is 14.6 Å². The molecular weight excluding hydrogens is 266 g/mol. The quantitative estimate of drug-likeness (QED) is 0.349. The minimum atomic E-state index is -1.43. The molecule has 18 heavy (non-hydrogen) atoms. The number of aromatic nitrogens is 1. The van der Waals surface area contributed by atoms with Crippen LogP contribution in [0.3, 0.4) is 0 Å². The van der Waals surface area contributed by atoms with Crippen LogP contribution in [-0.4, -0.2) is 45.9 Å². The van der Waals surface area contributed by atoms with Gasteiger partial charge < -0.3 is 20.4 Å². The van der Waals surface area contributed by atoms with Crippen molar-refractivity contribution in [1.29, 1.82) is 0 Å². The minimum absolute atomic E-state index is 0.0396. The van der Waals surface area contributed by atoms with Gasteiger partial charge in [0.2, 0.25) is 18.7 Å². The van der Waals surface area contributed by atoms with Crippen LogP contribution in [0.25, 0.3) is 0 Å². The van der Waals surface area contributed by atoms with Crippen molar-refractivity contribution in [3.05, 3.63) is 11.1 Å². The van der Waals surface area contributed by atoms with Gasteiger partial charge >= 0.3 is 11.9 Å². The van der Waals surface area contributed by atoms with Crippen molar-refractivity contribution < 1.29 is 29.4 Å². The summed E-state index contributed by atoms with van der Waals surface area (Å²) in [7, 11) is 0. The van der Waals surface area contributed by atoms with E-state index in [1.807, 2.05) is 0 Å². The van der Waals surface area contributed by atoms with Gasteiger partial charge in [0, 0.05) is 5.38 Å². The number of carbonyl (C=O) groups excluding carboxylic acids is 1. The van der Waals surface area contributed by atoms with Gasteiger partial charge in [-0.15, -0.1) is 11.3 Å². The molecule has 0 atom stereocenters. The number of hydrogen-bond donors (Lipinski definition) is 3. The Morgan fingerprint density at radius 1 is 1.56 bits per heavy atom. The van der Waals surface area contributed by atoms with Crippen LogP contribution in [0.4, 0.5) is 5.13 Å². The first kappa shape index (κ1) is 13.6. The minimum Gasteiger partial charge on any atom is -0.479 e. The monoisotopic (exact) mass is 273 g/mol. The number of carboxylic acids is 2. The number of amides is 1. The van der Waals surface area contributed by atoms with Crippen molar-refractivity contribution >= 4 is 40.5 Å². The first-order chi connectivity index (χ1) is 8.54. The summed E-state index contributed by atoms with van der Waals surface area (Å²) in [5.41, 5.74) is -0.589. The van der Waals surface area contributed by atoms with Gasteiger partial charge in [-0.05, 0) is 0 Å². The third kappa shape index (κ3) is 3.83. The highest BCUT2D eigenvalue weighted by Crippen LogP contribution is 2.15. The lowest BCUT2D eigenvalue weighted by molar-refractivity contribution is -0.142. The van der Waals surface area contributed by atoms with E-state index in [9.17, 15) is 14.4 Å². The molecule has 0 saturated heterocycles. The van der Waals surface area contributed by atoms with E-state index in [-0.39, 0.29) is 10.8 Å². The van der Waals surface area contributed by atoms with Crippen molar-refractivity contribution in [2.24, 2.45) is 5.16 Å². The fraction of sp³-hybridized carbons (Fsp3) is 0.125. The van der Waals surface area contributed by atoms with Gasteiger partial charge in [-0.2, -0.15) is 0 Å². The Morgan fingerprint density at radius 3 is 2.83 bits per heavy atom. The summed E-state index contributed by atoms with van der Waals surface area (Å²) in [5, 5.41) is 24.1. The number of rotatable bonds is 7. The second kappa shape index (κ2) is 6.30. The molecule has 1 heterocycles. The standard InChI is InChI=1S/C8H7N3O6S/c12-3-9-8-10-4(2-18-8)6(7(15)16)11-17-1-5(13)14/h2-3H,1H2,(H,13,14)(H,15,16)(H,9,10,12). The van der Waals surface area contributed by atoms with E-state index in [1.165, 1.54) is 5.38 Å². The van der Waals surface area contributed by atoms with Crippen molar-refractivity contribution in [2.45, 2.75) is 0 Å². The predicted molar refractivity (Wildman–Crippen MR) is 59.6 cm³/mol. The van der Waals surface area contributed by atoms with Gasteiger partial charge in [0.25, 0.3) is 0 Å². The van der Waals surface area contributed by atoms with Crippen LogP contribution in [0.1, 0.15) is 5.69 Å². The molecule has 9 nitrogen and oxygen atoms in total. The van der Waals surface area contributed by atoms with Gasteiger partial charge in [-0.3, -0.25) is 4.79 Å². The van der Waals surface area contributed by atoms with Crippen molar-refractivity contribution in [3.8, 4) is 0 Å². The van der Waals surface area contributed by atoms with Crippen molar-refractivity contribution in [3.63, 3.8) is 0 Å². The number of nitrogens with one attached hydrogen (secondary N) is 1. The maximum atomic E-state index is 10.9. The molecule has 0 radical (unpaired) electrons. The molecule has 0 bridgehead atoms. The topological polar surface area (TPSA) is 138 Å². The van der Waals surface area contributed by atoms with E-state index in [1.54, 1.807) is 0 Å². The predicted octanol–water partition coefficient (Wildman–Crippen LogP) is -0.399. The van der Waals surface area contributed by atoms with Crippen LogP contribution in [0.5, 0.6) is 0 Å². The average Bonchev–Trinajstić information content (AvgIpc) is 2.72. The molecule has 0 aromatic carbocycles. The molecular formula is C8H7N3O6S. The number of carbonyl (C=O) groups is 3. The second-order valence-corrected chi connectivity index (χ2v) is 3.57. The van der Waals surface area contributed by atoms with Crippen LogP contribution in [0.2, 0.25) is 0 Å². The van der Waals surface area contributed by atoms with Crippen LogP contribution >= 0.6 is 11.3 Å². The molecule has 0 fully saturated rings. The molecule has 1 aromatic rings. The Morgan fingerprint density at radius 2 is 2.28 bits per heavy atom. The molecule has 1 amide bonds. The van der Waals surface area contributed by atoms with Crippen molar-refractivity contribution in [2.75, 3.05) is 11.9 Å². The number of aliphatic carboxylic acids is 2. The number of carboxylic acid groups (broad SMARTS) is 2. The second-order valence-electron chi connectivity index (χ2n) is 2.71. The van der Waals surface area contributed by atoms with Crippen LogP contribution in [0.15, 0.2) is 10.5 Å². The molecule has 10 heteroatoms. The lowest BCUT2D eigenvalue weighted by Gasteiger charge is -1.97. The molecule has 3 N–H and O–H groups in total. The van der Waals surface area contributed by atoms with Crippen LogP contribution in [0, 0.1) is 0 Å². The molecule has 0 unspecified atom stereocenters. The van der Waals surface area contributed by atoms with Crippen molar-refractivity contribution in [1.82, 2.24) is 4.98 Å². The lowest BCUT2D eigenvalue weighted by atomic mass is 10.3. The highest BCUT2D eigenvalue weighted by molar-refractivity contribution is 7.14. The van der Waals surface area contributed by atoms with E-state index in [4.69, 9.17) is 10.2 Å². The molecule has 0 aliphatic carbocycles. The maximum absolute atomic E-state index is 10.9. The summed E-state index contributed by atoms with van der Waals surface area (Å²) in [6, 6.07) is 0. The zero-order valence-corrected chi connectivity index (χ0v) is 9.51. The Balaban J connectivity index is 2.86. The summed E-state index contributed by atoms with van der Waals surface area (Å²) in [4.78, 5) is 39.3. The number of hydrogen-bond acceptors (Lipinski definition) is 7. The molecule has 96 valence electrons. The molecule has 0 spiro atoms. The summed E-state index contributed by atoms with van der Waals surface area (Å²) >= 11 is 0.990. The lowest BCUT2D eigenvalue weighted by Crippen LogP contribution is -2.16.